The third kappa shape index (κ3) is 3.91. The van der Waals surface area contributed by atoms with Gasteiger partial charge in [-0.1, -0.05) is 27.7 Å². The summed E-state index contributed by atoms with van der Waals surface area (Å²) >= 11 is 0. The summed E-state index contributed by atoms with van der Waals surface area (Å²) in [6.45, 7) is 10.00. The molecule has 1 aromatic rings. The molecule has 0 aliphatic carbocycles. The Bertz CT molecular complexity index is 329. The van der Waals surface area contributed by atoms with Crippen LogP contribution in [0.15, 0.2) is 18.3 Å². The zero-order chi connectivity index (χ0) is 12.8. The first-order valence-corrected chi connectivity index (χ1v) is 6.29. The third-order valence-corrected chi connectivity index (χ3v) is 3.21. The van der Waals surface area contributed by atoms with Gasteiger partial charge in [0.2, 0.25) is 0 Å². The van der Waals surface area contributed by atoms with Crippen LogP contribution < -0.4 is 10.1 Å². The molecule has 0 fully saturated rings. The van der Waals surface area contributed by atoms with Crippen LogP contribution in [0.1, 0.15) is 27.7 Å². The highest BCUT2D eigenvalue weighted by atomic mass is 16.5. The molecule has 0 spiro atoms. The Morgan fingerprint density at radius 2 is 1.88 bits per heavy atom. The molecule has 96 valence electrons. The number of nitrogens with one attached hydrogen (secondary N) is 1. The highest BCUT2D eigenvalue weighted by Crippen LogP contribution is 2.24. The van der Waals surface area contributed by atoms with Gasteiger partial charge in [-0.2, -0.15) is 0 Å². The standard InChI is InChI=1S/C14H24N2O/c1-10(2)12(11(3)4)9-16-14-13(17-5)7-6-8-15-14/h6-8,10-12H,9H2,1-5H3,(H,15,16). The number of rotatable bonds is 6. The van der Waals surface area contributed by atoms with Crippen molar-refractivity contribution in [2.75, 3.05) is 19.0 Å². The second-order valence-corrected chi connectivity index (χ2v) is 5.09. The average Bonchev–Trinajstić information content (AvgIpc) is 2.29. The molecule has 0 bridgehead atoms. The summed E-state index contributed by atoms with van der Waals surface area (Å²) in [7, 11) is 1.67. The molecule has 3 nitrogen and oxygen atoms in total. The maximum absolute atomic E-state index is 5.27. The molecule has 1 rings (SSSR count). The summed E-state index contributed by atoms with van der Waals surface area (Å²) in [5.74, 6) is 3.61. The first-order chi connectivity index (χ1) is 8.06. The number of hydrogen-bond donors (Lipinski definition) is 1. The van der Waals surface area contributed by atoms with Gasteiger partial charge in [-0.25, -0.2) is 4.98 Å². The molecule has 0 saturated carbocycles. The largest absolute Gasteiger partial charge is 0.493 e. The average molecular weight is 236 g/mol. The van der Waals surface area contributed by atoms with E-state index in [9.17, 15) is 0 Å². The zero-order valence-corrected chi connectivity index (χ0v) is 11.5. The van der Waals surface area contributed by atoms with Gasteiger partial charge in [0.05, 0.1) is 7.11 Å². The van der Waals surface area contributed by atoms with Crippen molar-refractivity contribution in [3.63, 3.8) is 0 Å². The van der Waals surface area contributed by atoms with Crippen molar-refractivity contribution < 1.29 is 4.74 Å². The summed E-state index contributed by atoms with van der Waals surface area (Å²) in [6, 6.07) is 3.81. The van der Waals surface area contributed by atoms with E-state index in [0.29, 0.717) is 17.8 Å². The molecular formula is C14H24N2O. The fraction of sp³-hybridized carbons (Fsp3) is 0.643. The van der Waals surface area contributed by atoms with Crippen LogP contribution >= 0.6 is 0 Å². The quantitative estimate of drug-likeness (QED) is 0.821. The van der Waals surface area contributed by atoms with E-state index in [2.05, 4.69) is 38.0 Å². The molecule has 3 heteroatoms. The maximum Gasteiger partial charge on any atom is 0.168 e. The van der Waals surface area contributed by atoms with E-state index >= 15 is 0 Å². The van der Waals surface area contributed by atoms with Gasteiger partial charge < -0.3 is 10.1 Å². The lowest BCUT2D eigenvalue weighted by molar-refractivity contribution is 0.303. The molecule has 1 N–H and O–H groups in total. The molecule has 1 aromatic heterocycles. The van der Waals surface area contributed by atoms with E-state index in [1.165, 1.54) is 0 Å². The molecule has 0 radical (unpaired) electrons. The summed E-state index contributed by atoms with van der Waals surface area (Å²) in [4.78, 5) is 4.30. The highest BCUT2D eigenvalue weighted by Gasteiger charge is 2.17. The molecular weight excluding hydrogens is 212 g/mol. The van der Waals surface area contributed by atoms with E-state index < -0.39 is 0 Å². The predicted octanol–water partition coefficient (Wildman–Crippen LogP) is 3.43. The van der Waals surface area contributed by atoms with Crippen molar-refractivity contribution in [3.05, 3.63) is 18.3 Å². The van der Waals surface area contributed by atoms with Crippen LogP contribution in [0.4, 0.5) is 5.82 Å². The highest BCUT2D eigenvalue weighted by molar-refractivity contribution is 5.49. The van der Waals surface area contributed by atoms with E-state index in [1.807, 2.05) is 12.1 Å². The lowest BCUT2D eigenvalue weighted by atomic mass is 9.85. The SMILES string of the molecule is COc1cccnc1NCC(C(C)C)C(C)C. The van der Waals surface area contributed by atoms with Gasteiger partial charge >= 0.3 is 0 Å². The molecule has 0 aromatic carbocycles. The second-order valence-electron chi connectivity index (χ2n) is 5.09. The van der Waals surface area contributed by atoms with Crippen molar-refractivity contribution in [1.82, 2.24) is 4.98 Å². The number of pyridine rings is 1. The molecule has 0 unspecified atom stereocenters. The lowest BCUT2D eigenvalue weighted by Gasteiger charge is -2.25. The number of hydrogen-bond acceptors (Lipinski definition) is 3. The van der Waals surface area contributed by atoms with Gasteiger partial charge in [-0.3, -0.25) is 0 Å². The van der Waals surface area contributed by atoms with Crippen LogP contribution in [0.2, 0.25) is 0 Å². The number of ether oxygens (including phenoxy) is 1. The summed E-state index contributed by atoms with van der Waals surface area (Å²) < 4.78 is 5.27. The van der Waals surface area contributed by atoms with Crippen molar-refractivity contribution in [2.45, 2.75) is 27.7 Å². The Morgan fingerprint density at radius 3 is 2.41 bits per heavy atom. The van der Waals surface area contributed by atoms with Crippen LogP contribution in [0, 0.1) is 17.8 Å². The maximum atomic E-state index is 5.27. The predicted molar refractivity (Wildman–Crippen MR) is 72.4 cm³/mol. The Labute approximate surface area is 105 Å². The Balaban J connectivity index is 2.65. The monoisotopic (exact) mass is 236 g/mol. The smallest absolute Gasteiger partial charge is 0.168 e. The van der Waals surface area contributed by atoms with Crippen LogP contribution in [0.3, 0.4) is 0 Å². The van der Waals surface area contributed by atoms with Gasteiger partial charge in [0, 0.05) is 12.7 Å². The summed E-state index contributed by atoms with van der Waals surface area (Å²) in [6.07, 6.45) is 1.78. The van der Waals surface area contributed by atoms with Gasteiger partial charge in [0.1, 0.15) is 0 Å². The Kier molecular flexibility index (Phi) is 5.26. The van der Waals surface area contributed by atoms with Crippen molar-refractivity contribution in [3.8, 4) is 5.75 Å². The van der Waals surface area contributed by atoms with Gasteiger partial charge in [0.15, 0.2) is 11.6 Å². The second kappa shape index (κ2) is 6.48. The minimum Gasteiger partial charge on any atom is -0.493 e. The topological polar surface area (TPSA) is 34.1 Å². The summed E-state index contributed by atoms with van der Waals surface area (Å²) in [5, 5.41) is 3.39. The van der Waals surface area contributed by atoms with Crippen molar-refractivity contribution in [1.29, 1.82) is 0 Å². The van der Waals surface area contributed by atoms with Crippen molar-refractivity contribution in [2.24, 2.45) is 17.8 Å². The van der Waals surface area contributed by atoms with E-state index in [4.69, 9.17) is 4.74 Å². The molecule has 0 atom stereocenters. The fourth-order valence-electron chi connectivity index (χ4n) is 2.14. The van der Waals surface area contributed by atoms with Crippen LogP contribution in [-0.2, 0) is 0 Å². The third-order valence-electron chi connectivity index (χ3n) is 3.21. The number of aromatic nitrogens is 1. The lowest BCUT2D eigenvalue weighted by Crippen LogP contribution is -2.25. The number of nitrogens with zero attached hydrogens (tertiary/aromatic N) is 1. The van der Waals surface area contributed by atoms with Gasteiger partial charge in [-0.05, 0) is 29.9 Å². The summed E-state index contributed by atoms with van der Waals surface area (Å²) in [5.41, 5.74) is 0. The molecule has 17 heavy (non-hydrogen) atoms. The normalized spacial score (nSPS) is 11.3. The van der Waals surface area contributed by atoms with E-state index in [0.717, 1.165) is 18.1 Å². The number of methoxy groups -OCH3 is 1. The molecule has 0 amide bonds. The first kappa shape index (κ1) is 13.8. The Morgan fingerprint density at radius 1 is 1.24 bits per heavy atom. The van der Waals surface area contributed by atoms with E-state index in [-0.39, 0.29) is 0 Å². The van der Waals surface area contributed by atoms with Gasteiger partial charge in [0.25, 0.3) is 0 Å². The first-order valence-electron chi connectivity index (χ1n) is 6.29. The van der Waals surface area contributed by atoms with Crippen LogP contribution in [0.25, 0.3) is 0 Å². The Hall–Kier alpha value is -1.25. The van der Waals surface area contributed by atoms with Gasteiger partial charge in [-0.15, -0.1) is 0 Å². The minimum atomic E-state index is 0.640. The minimum absolute atomic E-state index is 0.640. The van der Waals surface area contributed by atoms with Crippen molar-refractivity contribution >= 4 is 5.82 Å². The molecule has 0 saturated heterocycles. The zero-order valence-electron chi connectivity index (χ0n) is 11.5. The number of anilines is 1. The molecule has 0 aliphatic heterocycles. The van der Waals surface area contributed by atoms with E-state index in [1.54, 1.807) is 13.3 Å². The fourth-order valence-corrected chi connectivity index (χ4v) is 2.14. The van der Waals surface area contributed by atoms with Crippen LogP contribution in [-0.4, -0.2) is 18.6 Å². The van der Waals surface area contributed by atoms with Crippen LogP contribution in [0.5, 0.6) is 5.75 Å². The molecule has 1 heterocycles. The molecule has 0 aliphatic rings.